The first-order valence-electron chi connectivity index (χ1n) is 7.61. The van der Waals surface area contributed by atoms with Crippen molar-refractivity contribution in [2.24, 2.45) is 0 Å². The van der Waals surface area contributed by atoms with E-state index in [0.29, 0.717) is 18.5 Å². The number of nitrogens with one attached hydrogen (secondary N) is 2. The lowest BCUT2D eigenvalue weighted by Gasteiger charge is -2.15. The van der Waals surface area contributed by atoms with Crippen molar-refractivity contribution < 1.29 is 9.59 Å². The maximum atomic E-state index is 12.2. The highest BCUT2D eigenvalue weighted by Crippen LogP contribution is 2.14. The van der Waals surface area contributed by atoms with Crippen molar-refractivity contribution >= 4 is 17.5 Å². The number of hydrogen-bond acceptors (Lipinski definition) is 3. The zero-order chi connectivity index (χ0) is 15.1. The molecule has 1 aromatic carbocycles. The Labute approximate surface area is 125 Å². The third-order valence-electron chi connectivity index (χ3n) is 3.62. The third kappa shape index (κ3) is 4.21. The zero-order valence-electron chi connectivity index (χ0n) is 12.5. The van der Waals surface area contributed by atoms with E-state index < -0.39 is 0 Å². The standard InChI is InChI=1S/C16H23N3O2/c1-2-17-14-8-4-3-7-13(14)16(21)18-10-9-15(20)19-11-5-6-12-19/h3-4,7-8,17H,2,5-6,9-12H2,1H3,(H,18,21). The van der Waals surface area contributed by atoms with Crippen molar-refractivity contribution in [3.05, 3.63) is 29.8 Å². The summed E-state index contributed by atoms with van der Waals surface area (Å²) in [6.07, 6.45) is 2.55. The van der Waals surface area contributed by atoms with Crippen molar-refractivity contribution in [2.45, 2.75) is 26.2 Å². The largest absolute Gasteiger partial charge is 0.385 e. The fourth-order valence-corrected chi connectivity index (χ4v) is 2.53. The van der Waals surface area contributed by atoms with Gasteiger partial charge in [0.05, 0.1) is 5.56 Å². The smallest absolute Gasteiger partial charge is 0.253 e. The van der Waals surface area contributed by atoms with Crippen molar-refractivity contribution in [3.63, 3.8) is 0 Å². The molecular weight excluding hydrogens is 266 g/mol. The monoisotopic (exact) mass is 289 g/mol. The molecule has 0 radical (unpaired) electrons. The molecule has 0 unspecified atom stereocenters. The second-order valence-corrected chi connectivity index (χ2v) is 5.17. The highest BCUT2D eigenvalue weighted by Gasteiger charge is 2.17. The summed E-state index contributed by atoms with van der Waals surface area (Å²) in [4.78, 5) is 25.9. The molecule has 2 amide bonds. The van der Waals surface area contributed by atoms with Gasteiger partial charge in [-0.25, -0.2) is 0 Å². The van der Waals surface area contributed by atoms with Crippen LogP contribution in [0.1, 0.15) is 36.5 Å². The third-order valence-corrected chi connectivity index (χ3v) is 3.62. The van der Waals surface area contributed by atoms with Crippen LogP contribution in [-0.2, 0) is 4.79 Å². The summed E-state index contributed by atoms with van der Waals surface area (Å²) >= 11 is 0. The van der Waals surface area contributed by atoms with Crippen molar-refractivity contribution in [1.82, 2.24) is 10.2 Å². The van der Waals surface area contributed by atoms with Crippen molar-refractivity contribution in [1.29, 1.82) is 0 Å². The molecule has 5 nitrogen and oxygen atoms in total. The second kappa shape index (κ2) is 7.67. The number of rotatable bonds is 6. The van der Waals surface area contributed by atoms with Gasteiger partial charge in [0.25, 0.3) is 5.91 Å². The maximum absolute atomic E-state index is 12.2. The lowest BCUT2D eigenvalue weighted by Crippen LogP contribution is -2.32. The van der Waals surface area contributed by atoms with E-state index in [1.54, 1.807) is 6.07 Å². The number of amides is 2. The summed E-state index contributed by atoms with van der Waals surface area (Å²) in [5.74, 6) is -0.00598. The van der Waals surface area contributed by atoms with Gasteiger partial charge in [-0.15, -0.1) is 0 Å². The molecule has 0 spiro atoms. The van der Waals surface area contributed by atoms with Gasteiger partial charge in [0.2, 0.25) is 5.91 Å². The van der Waals surface area contributed by atoms with Gasteiger partial charge in [-0.05, 0) is 31.9 Å². The molecule has 0 atom stereocenters. The van der Waals surface area contributed by atoms with E-state index >= 15 is 0 Å². The quantitative estimate of drug-likeness (QED) is 0.840. The van der Waals surface area contributed by atoms with Gasteiger partial charge in [0.1, 0.15) is 0 Å². The number of likely N-dealkylation sites (tertiary alicyclic amines) is 1. The predicted molar refractivity (Wildman–Crippen MR) is 83.4 cm³/mol. The average molecular weight is 289 g/mol. The first-order valence-corrected chi connectivity index (χ1v) is 7.61. The molecule has 1 saturated heterocycles. The van der Waals surface area contributed by atoms with Crippen LogP contribution in [0, 0.1) is 0 Å². The molecule has 0 bridgehead atoms. The Morgan fingerprint density at radius 2 is 1.90 bits per heavy atom. The Morgan fingerprint density at radius 1 is 1.19 bits per heavy atom. The summed E-state index contributed by atoms with van der Waals surface area (Å²) in [7, 11) is 0. The molecule has 2 N–H and O–H groups in total. The predicted octanol–water partition coefficient (Wildman–Crippen LogP) is 1.86. The van der Waals surface area contributed by atoms with Gasteiger partial charge in [0, 0.05) is 38.3 Å². The Balaban J connectivity index is 1.83. The number of hydrogen-bond donors (Lipinski definition) is 2. The van der Waals surface area contributed by atoms with Crippen LogP contribution < -0.4 is 10.6 Å². The van der Waals surface area contributed by atoms with Crippen LogP contribution in [0.4, 0.5) is 5.69 Å². The molecular formula is C16H23N3O2. The minimum atomic E-state index is -0.138. The normalized spacial score (nSPS) is 14.0. The molecule has 0 aliphatic carbocycles. The van der Waals surface area contributed by atoms with E-state index in [9.17, 15) is 9.59 Å². The van der Waals surface area contributed by atoms with Crippen LogP contribution in [0.2, 0.25) is 0 Å². The van der Waals surface area contributed by atoms with Crippen LogP contribution in [0.25, 0.3) is 0 Å². The molecule has 0 saturated carbocycles. The Bertz CT molecular complexity index is 496. The summed E-state index contributed by atoms with van der Waals surface area (Å²) in [5.41, 5.74) is 1.44. The van der Waals surface area contributed by atoms with Crippen molar-refractivity contribution in [2.75, 3.05) is 31.5 Å². The van der Waals surface area contributed by atoms with Crippen LogP contribution in [0.5, 0.6) is 0 Å². The van der Waals surface area contributed by atoms with Gasteiger partial charge >= 0.3 is 0 Å². The first-order chi connectivity index (χ1) is 10.2. The number of benzene rings is 1. The van der Waals surface area contributed by atoms with Gasteiger partial charge in [-0.1, -0.05) is 12.1 Å². The summed E-state index contributed by atoms with van der Waals surface area (Å²) in [5, 5.41) is 5.99. The van der Waals surface area contributed by atoms with E-state index in [4.69, 9.17) is 0 Å². The molecule has 114 valence electrons. The minimum Gasteiger partial charge on any atom is -0.385 e. The van der Waals surface area contributed by atoms with Crippen LogP contribution in [-0.4, -0.2) is 42.9 Å². The van der Waals surface area contributed by atoms with Gasteiger partial charge < -0.3 is 15.5 Å². The van der Waals surface area contributed by atoms with E-state index in [0.717, 1.165) is 38.2 Å². The van der Waals surface area contributed by atoms with E-state index in [2.05, 4.69) is 10.6 Å². The molecule has 1 aromatic rings. The SMILES string of the molecule is CCNc1ccccc1C(=O)NCCC(=O)N1CCCC1. The fourth-order valence-electron chi connectivity index (χ4n) is 2.53. The fraction of sp³-hybridized carbons (Fsp3) is 0.500. The topological polar surface area (TPSA) is 61.4 Å². The number of carbonyl (C=O) groups excluding carboxylic acids is 2. The lowest BCUT2D eigenvalue weighted by molar-refractivity contribution is -0.129. The second-order valence-electron chi connectivity index (χ2n) is 5.17. The lowest BCUT2D eigenvalue weighted by atomic mass is 10.1. The highest BCUT2D eigenvalue weighted by atomic mass is 16.2. The van der Waals surface area contributed by atoms with Gasteiger partial charge in [0.15, 0.2) is 0 Å². The zero-order valence-corrected chi connectivity index (χ0v) is 12.5. The molecule has 21 heavy (non-hydrogen) atoms. The Morgan fingerprint density at radius 3 is 2.62 bits per heavy atom. The molecule has 1 aliphatic rings. The number of carbonyl (C=O) groups is 2. The summed E-state index contributed by atoms with van der Waals surface area (Å²) < 4.78 is 0. The average Bonchev–Trinajstić information content (AvgIpc) is 3.02. The van der Waals surface area contributed by atoms with E-state index in [1.807, 2.05) is 30.0 Å². The van der Waals surface area contributed by atoms with Crippen molar-refractivity contribution in [3.8, 4) is 0 Å². The van der Waals surface area contributed by atoms with Crippen LogP contribution in [0.3, 0.4) is 0 Å². The minimum absolute atomic E-state index is 0.132. The highest BCUT2D eigenvalue weighted by molar-refractivity contribution is 5.99. The number of nitrogens with zero attached hydrogens (tertiary/aromatic N) is 1. The molecule has 1 heterocycles. The van der Waals surface area contributed by atoms with Crippen LogP contribution >= 0.6 is 0 Å². The summed E-state index contributed by atoms with van der Waals surface area (Å²) in [6.45, 7) is 4.85. The maximum Gasteiger partial charge on any atom is 0.253 e. The molecule has 5 heteroatoms. The van der Waals surface area contributed by atoms with Gasteiger partial charge in [-0.3, -0.25) is 9.59 Å². The Hall–Kier alpha value is -2.04. The molecule has 1 aliphatic heterocycles. The number of anilines is 1. The van der Waals surface area contributed by atoms with Crippen LogP contribution in [0.15, 0.2) is 24.3 Å². The molecule has 2 rings (SSSR count). The summed E-state index contributed by atoms with van der Waals surface area (Å²) in [6, 6.07) is 7.40. The van der Waals surface area contributed by atoms with E-state index in [1.165, 1.54) is 0 Å². The molecule has 1 fully saturated rings. The van der Waals surface area contributed by atoms with E-state index in [-0.39, 0.29) is 11.8 Å². The first kappa shape index (κ1) is 15.4. The number of para-hydroxylation sites is 1. The molecule has 0 aromatic heterocycles. The Kier molecular flexibility index (Phi) is 5.60. The van der Waals surface area contributed by atoms with Gasteiger partial charge in [-0.2, -0.15) is 0 Å².